The van der Waals surface area contributed by atoms with Crippen LogP contribution in [0.4, 0.5) is 0 Å². The summed E-state index contributed by atoms with van der Waals surface area (Å²) in [4.78, 5) is 36.7. The van der Waals surface area contributed by atoms with Gasteiger partial charge in [0.1, 0.15) is 5.75 Å². The Morgan fingerprint density at radius 2 is 1.77 bits per heavy atom. The maximum absolute atomic E-state index is 12.6. The van der Waals surface area contributed by atoms with E-state index < -0.39 is 0 Å². The molecule has 7 heteroatoms. The minimum absolute atomic E-state index is 0.0234. The van der Waals surface area contributed by atoms with Gasteiger partial charge in [-0.3, -0.25) is 14.6 Å². The average Bonchev–Trinajstić information content (AvgIpc) is 2.81. The summed E-state index contributed by atoms with van der Waals surface area (Å²) in [6.07, 6.45) is 2.29. The summed E-state index contributed by atoms with van der Waals surface area (Å²) < 4.78 is 9.91. The van der Waals surface area contributed by atoms with Crippen LogP contribution in [0.15, 0.2) is 48.5 Å². The molecule has 0 bridgehead atoms. The molecule has 0 unspecified atom stereocenters. The number of hydrazine groups is 1. The molecule has 1 amide bonds. The van der Waals surface area contributed by atoms with E-state index in [0.29, 0.717) is 49.2 Å². The van der Waals surface area contributed by atoms with Crippen molar-refractivity contribution in [2.24, 2.45) is 0 Å². The van der Waals surface area contributed by atoms with Gasteiger partial charge in [0.05, 0.1) is 19.8 Å². The van der Waals surface area contributed by atoms with E-state index in [9.17, 15) is 14.4 Å². The Balaban J connectivity index is 1.58. The first kappa shape index (κ1) is 22.5. The number of rotatable bonds is 9. The van der Waals surface area contributed by atoms with Crippen molar-refractivity contribution in [2.45, 2.75) is 25.7 Å². The van der Waals surface area contributed by atoms with Crippen molar-refractivity contribution in [1.82, 2.24) is 10.0 Å². The quantitative estimate of drug-likeness (QED) is 0.455. The lowest BCUT2D eigenvalue weighted by Gasteiger charge is -2.38. The number of Topliss-reactive ketones (excluding diaryl/α,β-unsaturated/α-hetero) is 1. The van der Waals surface area contributed by atoms with E-state index in [1.165, 1.54) is 7.11 Å². The second-order valence-corrected chi connectivity index (χ2v) is 7.42. The Kier molecular flexibility index (Phi) is 7.78. The topological polar surface area (TPSA) is 76.2 Å². The van der Waals surface area contributed by atoms with Gasteiger partial charge in [0.25, 0.3) is 0 Å². The number of carbonyl (C=O) groups excluding carboxylic acids is 3. The number of carbonyl (C=O) groups is 3. The number of benzene rings is 2. The zero-order valence-electron chi connectivity index (χ0n) is 18.0. The molecule has 0 radical (unpaired) electrons. The highest BCUT2D eigenvalue weighted by Gasteiger charge is 2.26. The molecular weight excluding hydrogens is 396 g/mol. The monoisotopic (exact) mass is 424 g/mol. The fraction of sp³-hybridized carbons (Fsp3) is 0.375. The summed E-state index contributed by atoms with van der Waals surface area (Å²) in [5, 5.41) is 3.74. The smallest absolute Gasteiger partial charge is 0.337 e. The van der Waals surface area contributed by atoms with E-state index in [-0.39, 0.29) is 17.7 Å². The van der Waals surface area contributed by atoms with Gasteiger partial charge in [0.15, 0.2) is 5.78 Å². The maximum Gasteiger partial charge on any atom is 0.337 e. The molecule has 3 rings (SSSR count). The minimum Gasteiger partial charge on any atom is -0.497 e. The highest BCUT2D eigenvalue weighted by molar-refractivity contribution is 5.96. The molecule has 1 saturated heterocycles. The Morgan fingerprint density at radius 1 is 1.00 bits per heavy atom. The Morgan fingerprint density at radius 3 is 2.48 bits per heavy atom. The number of amides is 1. The lowest BCUT2D eigenvalue weighted by Crippen LogP contribution is -2.51. The fourth-order valence-electron chi connectivity index (χ4n) is 3.65. The first-order chi connectivity index (χ1) is 15.0. The van der Waals surface area contributed by atoms with E-state index in [0.717, 1.165) is 18.5 Å². The highest BCUT2D eigenvalue weighted by Crippen LogP contribution is 2.17. The molecule has 164 valence electrons. The van der Waals surface area contributed by atoms with Crippen molar-refractivity contribution < 1.29 is 23.9 Å². The molecule has 0 spiro atoms. The van der Waals surface area contributed by atoms with Gasteiger partial charge in [0, 0.05) is 38.0 Å². The number of nitrogens with zero attached hydrogens (tertiary/aromatic N) is 2. The molecule has 7 nitrogen and oxygen atoms in total. The number of hydrogen-bond acceptors (Lipinski definition) is 6. The van der Waals surface area contributed by atoms with Crippen LogP contribution in [0.2, 0.25) is 0 Å². The molecule has 0 aromatic heterocycles. The maximum atomic E-state index is 12.6. The molecule has 1 aliphatic heterocycles. The number of hydrogen-bond donors (Lipinski definition) is 0. The van der Waals surface area contributed by atoms with Crippen LogP contribution < -0.4 is 4.74 Å². The fourth-order valence-corrected chi connectivity index (χ4v) is 3.65. The number of esters is 1. The second kappa shape index (κ2) is 10.7. The molecule has 1 fully saturated rings. The van der Waals surface area contributed by atoms with Crippen LogP contribution in [0.5, 0.6) is 5.75 Å². The van der Waals surface area contributed by atoms with E-state index >= 15 is 0 Å². The van der Waals surface area contributed by atoms with Crippen LogP contribution in [0, 0.1) is 0 Å². The number of ether oxygens (including phenoxy) is 2. The normalized spacial score (nSPS) is 14.4. The van der Waals surface area contributed by atoms with E-state index in [1.807, 2.05) is 17.1 Å². The van der Waals surface area contributed by atoms with Gasteiger partial charge in [-0.05, 0) is 42.7 Å². The van der Waals surface area contributed by atoms with Gasteiger partial charge in [-0.15, -0.1) is 0 Å². The van der Waals surface area contributed by atoms with E-state index in [2.05, 4.69) is 0 Å². The summed E-state index contributed by atoms with van der Waals surface area (Å²) >= 11 is 0. The van der Waals surface area contributed by atoms with Crippen molar-refractivity contribution in [3.8, 4) is 5.75 Å². The molecule has 0 N–H and O–H groups in total. The van der Waals surface area contributed by atoms with Crippen molar-refractivity contribution in [3.63, 3.8) is 0 Å². The van der Waals surface area contributed by atoms with Crippen molar-refractivity contribution in [3.05, 3.63) is 65.2 Å². The van der Waals surface area contributed by atoms with Gasteiger partial charge < -0.3 is 9.47 Å². The summed E-state index contributed by atoms with van der Waals surface area (Å²) in [7, 11) is 2.93. The molecular formula is C24H28N2O5. The lowest BCUT2D eigenvalue weighted by atomic mass is 10.1. The Bertz CT molecular complexity index is 926. The van der Waals surface area contributed by atoms with E-state index in [1.54, 1.807) is 48.5 Å². The zero-order chi connectivity index (χ0) is 22.2. The van der Waals surface area contributed by atoms with Crippen LogP contribution in [0.1, 0.15) is 45.5 Å². The molecule has 0 atom stereocenters. The van der Waals surface area contributed by atoms with Crippen molar-refractivity contribution >= 4 is 17.7 Å². The number of methoxy groups -OCH3 is 2. The molecule has 31 heavy (non-hydrogen) atoms. The Labute approximate surface area is 182 Å². The third-order valence-corrected chi connectivity index (χ3v) is 5.41. The first-order valence-electron chi connectivity index (χ1n) is 10.4. The highest BCUT2D eigenvalue weighted by atomic mass is 16.5. The van der Waals surface area contributed by atoms with Gasteiger partial charge in [-0.2, -0.15) is 0 Å². The second-order valence-electron chi connectivity index (χ2n) is 7.42. The third-order valence-electron chi connectivity index (χ3n) is 5.41. The SMILES string of the molecule is COC(=O)c1ccc(CCN2C(=O)CCCN2CCC(=O)c2cccc(OC)c2)cc1. The molecule has 1 heterocycles. The van der Waals surface area contributed by atoms with Gasteiger partial charge in [0.2, 0.25) is 5.91 Å². The predicted octanol–water partition coefficient (Wildman–Crippen LogP) is 3.14. The average molecular weight is 424 g/mol. The zero-order valence-corrected chi connectivity index (χ0v) is 18.0. The van der Waals surface area contributed by atoms with Crippen LogP contribution in [0.25, 0.3) is 0 Å². The Hall–Kier alpha value is -3.19. The summed E-state index contributed by atoms with van der Waals surface area (Å²) in [5.74, 6) is 0.380. The summed E-state index contributed by atoms with van der Waals surface area (Å²) in [6, 6.07) is 14.3. The van der Waals surface area contributed by atoms with Crippen molar-refractivity contribution in [1.29, 1.82) is 0 Å². The van der Waals surface area contributed by atoms with Gasteiger partial charge >= 0.3 is 5.97 Å². The van der Waals surface area contributed by atoms with Gasteiger partial charge in [-0.1, -0.05) is 24.3 Å². The van der Waals surface area contributed by atoms with Crippen LogP contribution >= 0.6 is 0 Å². The van der Waals surface area contributed by atoms with Crippen molar-refractivity contribution in [2.75, 3.05) is 33.9 Å². The molecule has 2 aromatic carbocycles. The molecule has 0 aliphatic carbocycles. The molecule has 0 saturated carbocycles. The lowest BCUT2D eigenvalue weighted by molar-refractivity contribution is -0.155. The van der Waals surface area contributed by atoms with Gasteiger partial charge in [-0.25, -0.2) is 9.80 Å². The van der Waals surface area contributed by atoms with Crippen LogP contribution in [0.3, 0.4) is 0 Å². The first-order valence-corrected chi connectivity index (χ1v) is 10.4. The summed E-state index contributed by atoms with van der Waals surface area (Å²) in [5.41, 5.74) is 2.14. The van der Waals surface area contributed by atoms with Crippen LogP contribution in [-0.2, 0) is 16.0 Å². The minimum atomic E-state index is -0.371. The number of ketones is 1. The standard InChI is InChI=1S/C24H28N2O5/c1-30-21-6-3-5-20(17-21)22(27)13-15-25-14-4-7-23(28)26(25)16-12-18-8-10-19(11-9-18)24(29)31-2/h3,5-6,8-11,17H,4,7,12-16H2,1-2H3. The molecule has 1 aliphatic rings. The predicted molar refractivity (Wildman–Crippen MR) is 116 cm³/mol. The largest absolute Gasteiger partial charge is 0.497 e. The van der Waals surface area contributed by atoms with E-state index in [4.69, 9.17) is 9.47 Å². The summed E-state index contributed by atoms with van der Waals surface area (Å²) in [6.45, 7) is 1.77. The van der Waals surface area contributed by atoms with Crippen LogP contribution in [-0.4, -0.2) is 61.5 Å². The molecule has 2 aromatic rings. The third kappa shape index (κ3) is 5.92.